The second-order valence-corrected chi connectivity index (χ2v) is 4.04. The molecule has 1 aromatic rings. The molecular weight excluding hydrogens is 180 g/mol. The molecular formula is C10H14N2S. The van der Waals surface area contributed by atoms with Crippen molar-refractivity contribution >= 4 is 11.3 Å². The molecule has 0 amide bonds. The molecule has 1 N–H and O–H groups in total. The lowest BCUT2D eigenvalue weighted by Gasteiger charge is -2.16. The SMILES string of the molecule is C1=CC(NCc2cscn2)CCC1. The van der Waals surface area contributed by atoms with Gasteiger partial charge in [-0.25, -0.2) is 4.98 Å². The maximum Gasteiger partial charge on any atom is 0.0795 e. The van der Waals surface area contributed by atoms with E-state index in [0.717, 1.165) is 12.2 Å². The number of nitrogens with one attached hydrogen (secondary N) is 1. The molecule has 0 saturated carbocycles. The first kappa shape index (κ1) is 8.91. The van der Waals surface area contributed by atoms with Gasteiger partial charge >= 0.3 is 0 Å². The predicted molar refractivity (Wildman–Crippen MR) is 55.7 cm³/mol. The van der Waals surface area contributed by atoms with Crippen LogP contribution >= 0.6 is 11.3 Å². The molecule has 3 heteroatoms. The summed E-state index contributed by atoms with van der Waals surface area (Å²) >= 11 is 1.66. The lowest BCUT2D eigenvalue weighted by atomic mass is 10.0. The molecule has 1 aliphatic rings. The lowest BCUT2D eigenvalue weighted by Crippen LogP contribution is -2.27. The second kappa shape index (κ2) is 4.53. The molecule has 70 valence electrons. The zero-order chi connectivity index (χ0) is 8.93. The number of nitrogens with zero attached hydrogens (tertiary/aromatic N) is 1. The zero-order valence-corrected chi connectivity index (χ0v) is 8.39. The van der Waals surface area contributed by atoms with Crippen LogP contribution in [0.1, 0.15) is 25.0 Å². The quantitative estimate of drug-likeness (QED) is 0.747. The van der Waals surface area contributed by atoms with E-state index in [0.29, 0.717) is 6.04 Å². The van der Waals surface area contributed by atoms with Crippen LogP contribution in [0.15, 0.2) is 23.0 Å². The molecule has 0 aliphatic heterocycles. The highest BCUT2D eigenvalue weighted by Gasteiger charge is 2.07. The number of allylic oxidation sites excluding steroid dienone is 1. The predicted octanol–water partition coefficient (Wildman–Crippen LogP) is 2.34. The Bertz CT molecular complexity index is 266. The molecule has 1 aliphatic carbocycles. The molecule has 1 heterocycles. The van der Waals surface area contributed by atoms with Crippen molar-refractivity contribution in [3.63, 3.8) is 0 Å². The van der Waals surface area contributed by atoms with E-state index < -0.39 is 0 Å². The Labute approximate surface area is 82.7 Å². The summed E-state index contributed by atoms with van der Waals surface area (Å²) in [7, 11) is 0. The Kier molecular flexibility index (Phi) is 3.11. The molecule has 0 spiro atoms. The van der Waals surface area contributed by atoms with Gasteiger partial charge in [0.2, 0.25) is 0 Å². The molecule has 1 atom stereocenters. The smallest absolute Gasteiger partial charge is 0.0795 e. The van der Waals surface area contributed by atoms with Crippen molar-refractivity contribution in [1.29, 1.82) is 0 Å². The fraction of sp³-hybridized carbons (Fsp3) is 0.500. The monoisotopic (exact) mass is 194 g/mol. The summed E-state index contributed by atoms with van der Waals surface area (Å²) in [6.45, 7) is 0.901. The van der Waals surface area contributed by atoms with Gasteiger partial charge in [-0.15, -0.1) is 11.3 Å². The van der Waals surface area contributed by atoms with E-state index in [1.54, 1.807) is 11.3 Å². The first-order valence-corrected chi connectivity index (χ1v) is 5.66. The summed E-state index contributed by atoms with van der Waals surface area (Å²) in [6.07, 6.45) is 8.36. The highest BCUT2D eigenvalue weighted by molar-refractivity contribution is 7.07. The minimum atomic E-state index is 0.565. The summed E-state index contributed by atoms with van der Waals surface area (Å²) in [4.78, 5) is 4.23. The van der Waals surface area contributed by atoms with Gasteiger partial charge in [-0.3, -0.25) is 0 Å². The van der Waals surface area contributed by atoms with Crippen LogP contribution in [-0.2, 0) is 6.54 Å². The molecule has 13 heavy (non-hydrogen) atoms. The molecule has 1 aromatic heterocycles. The van der Waals surface area contributed by atoms with Gasteiger partial charge in [-0.2, -0.15) is 0 Å². The average Bonchev–Trinajstić information content (AvgIpc) is 2.69. The van der Waals surface area contributed by atoms with Gasteiger partial charge in [0.05, 0.1) is 11.2 Å². The number of hydrogen-bond donors (Lipinski definition) is 1. The molecule has 2 rings (SSSR count). The molecule has 0 aromatic carbocycles. The zero-order valence-electron chi connectivity index (χ0n) is 7.57. The van der Waals surface area contributed by atoms with Gasteiger partial charge in [0, 0.05) is 18.0 Å². The van der Waals surface area contributed by atoms with E-state index in [-0.39, 0.29) is 0 Å². The van der Waals surface area contributed by atoms with Crippen LogP contribution < -0.4 is 5.32 Å². The first-order valence-electron chi connectivity index (χ1n) is 4.72. The van der Waals surface area contributed by atoms with Crippen molar-refractivity contribution in [1.82, 2.24) is 10.3 Å². The number of rotatable bonds is 3. The van der Waals surface area contributed by atoms with Crippen molar-refractivity contribution in [3.05, 3.63) is 28.7 Å². The van der Waals surface area contributed by atoms with Crippen LogP contribution in [0.5, 0.6) is 0 Å². The van der Waals surface area contributed by atoms with Crippen molar-refractivity contribution in [2.24, 2.45) is 0 Å². The summed E-state index contributed by atoms with van der Waals surface area (Å²) in [5, 5.41) is 5.58. The summed E-state index contributed by atoms with van der Waals surface area (Å²) in [5.41, 5.74) is 3.04. The maximum absolute atomic E-state index is 4.23. The van der Waals surface area contributed by atoms with Gasteiger partial charge in [0.1, 0.15) is 0 Å². The van der Waals surface area contributed by atoms with Crippen LogP contribution in [0, 0.1) is 0 Å². The van der Waals surface area contributed by atoms with E-state index in [9.17, 15) is 0 Å². The van der Waals surface area contributed by atoms with Gasteiger partial charge in [-0.1, -0.05) is 12.2 Å². The van der Waals surface area contributed by atoms with Crippen LogP contribution in [0.2, 0.25) is 0 Å². The van der Waals surface area contributed by atoms with Crippen molar-refractivity contribution in [2.45, 2.75) is 31.8 Å². The summed E-state index contributed by atoms with van der Waals surface area (Å²) in [5.74, 6) is 0. The van der Waals surface area contributed by atoms with E-state index in [1.165, 1.54) is 19.3 Å². The van der Waals surface area contributed by atoms with E-state index in [4.69, 9.17) is 0 Å². The van der Waals surface area contributed by atoms with Gasteiger partial charge in [0.25, 0.3) is 0 Å². The molecule has 1 unspecified atom stereocenters. The number of thiazole rings is 1. The van der Waals surface area contributed by atoms with Gasteiger partial charge in [0.15, 0.2) is 0 Å². The molecule has 0 radical (unpaired) electrons. The second-order valence-electron chi connectivity index (χ2n) is 3.33. The third-order valence-electron chi connectivity index (χ3n) is 2.28. The standard InChI is InChI=1S/C10H14N2S/c1-2-4-9(5-3-1)11-6-10-7-13-8-12-10/h2,4,7-9,11H,1,3,5-6H2. The normalized spacial score (nSPS) is 22.0. The molecule has 2 nitrogen and oxygen atoms in total. The van der Waals surface area contributed by atoms with Gasteiger partial charge in [-0.05, 0) is 19.3 Å². The average molecular weight is 194 g/mol. The Morgan fingerprint density at radius 3 is 3.31 bits per heavy atom. The number of hydrogen-bond acceptors (Lipinski definition) is 3. The van der Waals surface area contributed by atoms with Crippen LogP contribution in [0.4, 0.5) is 0 Å². The lowest BCUT2D eigenvalue weighted by molar-refractivity contribution is 0.519. The summed E-state index contributed by atoms with van der Waals surface area (Å²) in [6, 6.07) is 0.565. The third-order valence-corrected chi connectivity index (χ3v) is 2.92. The Hall–Kier alpha value is -0.670. The Morgan fingerprint density at radius 2 is 2.62 bits per heavy atom. The Morgan fingerprint density at radius 1 is 1.62 bits per heavy atom. The fourth-order valence-corrected chi connectivity index (χ4v) is 2.10. The topological polar surface area (TPSA) is 24.9 Å². The maximum atomic E-state index is 4.23. The summed E-state index contributed by atoms with van der Waals surface area (Å²) < 4.78 is 0. The van der Waals surface area contributed by atoms with E-state index >= 15 is 0 Å². The van der Waals surface area contributed by atoms with Crippen LogP contribution in [0.25, 0.3) is 0 Å². The molecule has 0 fully saturated rings. The van der Waals surface area contributed by atoms with Crippen LogP contribution in [0.3, 0.4) is 0 Å². The van der Waals surface area contributed by atoms with E-state index in [2.05, 4.69) is 27.8 Å². The minimum Gasteiger partial charge on any atom is -0.305 e. The first-order chi connectivity index (χ1) is 6.45. The highest BCUT2D eigenvalue weighted by atomic mass is 32.1. The van der Waals surface area contributed by atoms with Gasteiger partial charge < -0.3 is 5.32 Å². The van der Waals surface area contributed by atoms with Crippen molar-refractivity contribution < 1.29 is 0 Å². The minimum absolute atomic E-state index is 0.565. The molecule has 0 bridgehead atoms. The fourth-order valence-electron chi connectivity index (χ4n) is 1.54. The largest absolute Gasteiger partial charge is 0.305 e. The van der Waals surface area contributed by atoms with Crippen molar-refractivity contribution in [2.75, 3.05) is 0 Å². The van der Waals surface area contributed by atoms with Crippen molar-refractivity contribution in [3.8, 4) is 0 Å². The number of aromatic nitrogens is 1. The van der Waals surface area contributed by atoms with Crippen LogP contribution in [-0.4, -0.2) is 11.0 Å². The third kappa shape index (κ3) is 2.64. The highest BCUT2D eigenvalue weighted by Crippen LogP contribution is 2.10. The molecule has 0 saturated heterocycles. The van der Waals surface area contributed by atoms with E-state index in [1.807, 2.05) is 5.51 Å². The Balaban J connectivity index is 1.79.